The summed E-state index contributed by atoms with van der Waals surface area (Å²) in [7, 11) is 0. The van der Waals surface area contributed by atoms with Gasteiger partial charge in [0.05, 0.1) is 0 Å². The van der Waals surface area contributed by atoms with E-state index in [1.807, 2.05) is 0 Å². The molecule has 0 fully saturated rings. The zero-order chi connectivity index (χ0) is 4.28. The smallest absolute Gasteiger partial charge is 0.327 e. The van der Waals surface area contributed by atoms with Crippen LogP contribution in [-0.4, -0.2) is 11.1 Å². The quantitative estimate of drug-likeness (QED) is 0.485. The predicted molar refractivity (Wildman–Crippen MR) is 29.3 cm³/mol. The number of rotatable bonds is 1. The molecule has 0 spiro atoms. The van der Waals surface area contributed by atoms with E-state index < -0.39 is 5.97 Å². The van der Waals surface area contributed by atoms with Crippen LogP contribution >= 0.6 is 0 Å². The fraction of sp³-hybridized carbons (Fsp3) is 0. The monoisotopic (exact) mass is 104 g/mol. The van der Waals surface area contributed by atoms with Crippen LogP contribution in [0.15, 0.2) is 12.7 Å². The van der Waals surface area contributed by atoms with Crippen molar-refractivity contribution in [2.75, 3.05) is 0 Å². The summed E-state index contributed by atoms with van der Waals surface area (Å²) in [5, 5.41) is 7.60. The van der Waals surface area contributed by atoms with Crippen molar-refractivity contribution in [1.82, 2.24) is 6.15 Å². The third kappa shape index (κ3) is 38.0. The molecule has 0 saturated heterocycles. The van der Waals surface area contributed by atoms with E-state index in [4.69, 9.17) is 5.11 Å². The van der Waals surface area contributed by atoms with Crippen molar-refractivity contribution in [2.45, 2.75) is 0 Å². The lowest BCUT2D eigenvalue weighted by Crippen LogP contribution is -1.82. The first kappa shape index (κ1) is 16.4. The summed E-state index contributed by atoms with van der Waals surface area (Å²) in [6.07, 6.45) is 0.833. The van der Waals surface area contributed by atoms with Crippen LogP contribution < -0.4 is 6.15 Å². The van der Waals surface area contributed by atoms with Crippen molar-refractivity contribution >= 4 is 5.97 Å². The normalized spacial score (nSPS) is 4.57. The maximum absolute atomic E-state index is 9.25. The highest BCUT2D eigenvalue weighted by molar-refractivity contribution is 5.78. The van der Waals surface area contributed by atoms with Crippen molar-refractivity contribution in [1.29, 1.82) is 0 Å². The van der Waals surface area contributed by atoms with Gasteiger partial charge in [0.25, 0.3) is 0 Å². The first-order valence-corrected chi connectivity index (χ1v) is 1.12. The fourth-order valence-electron chi connectivity index (χ4n) is 0. The van der Waals surface area contributed by atoms with Gasteiger partial charge in [-0.25, -0.2) is 4.79 Å². The Morgan fingerprint density at radius 1 is 1.71 bits per heavy atom. The van der Waals surface area contributed by atoms with Crippen LogP contribution in [0.3, 0.4) is 0 Å². The second kappa shape index (κ2) is 8.95. The molecule has 0 aliphatic rings. The molecule has 4 N–H and O–H groups in total. The fourth-order valence-corrected chi connectivity index (χ4v) is 0. The highest BCUT2D eigenvalue weighted by Gasteiger charge is 1.73. The molecule has 0 saturated carbocycles. The maximum atomic E-state index is 9.25. The molecule has 7 heavy (non-hydrogen) atoms. The van der Waals surface area contributed by atoms with Crippen LogP contribution in [0.4, 0.5) is 0 Å². The molecular weight excluding hydrogens is 94.0 g/mol. The van der Waals surface area contributed by atoms with E-state index in [0.717, 1.165) is 6.08 Å². The molecular formula is C4H10NO2. The summed E-state index contributed by atoms with van der Waals surface area (Å²) in [5.74, 6) is -0.981. The van der Waals surface area contributed by atoms with Gasteiger partial charge in [-0.05, 0) is 0 Å². The number of carboxylic acid groups (broad SMARTS) is 1. The average molecular weight is 104 g/mol. The molecule has 1 radical (unpaired) electrons. The Morgan fingerprint density at radius 2 is 1.86 bits per heavy atom. The van der Waals surface area contributed by atoms with Gasteiger partial charge >= 0.3 is 5.97 Å². The zero-order valence-corrected chi connectivity index (χ0v) is 4.35. The lowest BCUT2D eigenvalue weighted by Gasteiger charge is -1.64. The van der Waals surface area contributed by atoms with E-state index in [0.29, 0.717) is 0 Å². The Kier molecular flexibility index (Phi) is 21.0. The van der Waals surface area contributed by atoms with Gasteiger partial charge in [-0.3, -0.25) is 0 Å². The third-order valence-electron chi connectivity index (χ3n) is 0.175. The summed E-state index contributed by atoms with van der Waals surface area (Å²) < 4.78 is 0. The van der Waals surface area contributed by atoms with Crippen LogP contribution in [0.1, 0.15) is 0 Å². The van der Waals surface area contributed by atoms with Crippen molar-refractivity contribution in [2.24, 2.45) is 0 Å². The topological polar surface area (TPSA) is 72.3 Å². The number of carbonyl (C=O) groups is 1. The largest absolute Gasteiger partial charge is 0.478 e. The molecule has 0 aromatic rings. The molecule has 0 aliphatic carbocycles. The SMILES string of the molecule is C=CC(=O)O.N.[CH3]. The summed E-state index contributed by atoms with van der Waals surface area (Å²) >= 11 is 0. The van der Waals surface area contributed by atoms with E-state index in [-0.39, 0.29) is 13.6 Å². The summed E-state index contributed by atoms with van der Waals surface area (Å²) in [6, 6.07) is 0. The maximum Gasteiger partial charge on any atom is 0.327 e. The Morgan fingerprint density at radius 3 is 1.86 bits per heavy atom. The van der Waals surface area contributed by atoms with Gasteiger partial charge in [-0.1, -0.05) is 14.0 Å². The third-order valence-corrected chi connectivity index (χ3v) is 0.175. The van der Waals surface area contributed by atoms with Crippen LogP contribution in [-0.2, 0) is 4.79 Å². The molecule has 3 nitrogen and oxygen atoms in total. The molecule has 0 rings (SSSR count). The van der Waals surface area contributed by atoms with Gasteiger partial charge in [0.1, 0.15) is 0 Å². The molecule has 0 aliphatic heterocycles. The summed E-state index contributed by atoms with van der Waals surface area (Å²) in [5.41, 5.74) is 0. The minimum atomic E-state index is -0.981. The van der Waals surface area contributed by atoms with Crippen molar-refractivity contribution in [3.05, 3.63) is 20.1 Å². The van der Waals surface area contributed by atoms with Gasteiger partial charge in [0.15, 0.2) is 0 Å². The Hall–Kier alpha value is -0.830. The predicted octanol–water partition coefficient (Wildman–Crippen LogP) is 0.869. The van der Waals surface area contributed by atoms with Gasteiger partial charge in [0, 0.05) is 6.08 Å². The standard InChI is InChI=1S/C3H4O2.CH3.H3N/c1-2-3(4)5;;/h2H,1H2,(H,4,5);2*1H3. The zero-order valence-electron chi connectivity index (χ0n) is 4.35. The molecule has 43 valence electrons. The lowest BCUT2D eigenvalue weighted by molar-refractivity contribution is -0.131. The van der Waals surface area contributed by atoms with E-state index >= 15 is 0 Å². The van der Waals surface area contributed by atoms with E-state index in [1.165, 1.54) is 0 Å². The number of hydrogen-bond acceptors (Lipinski definition) is 2. The average Bonchev–Trinajstić information content (AvgIpc) is 1.38. The van der Waals surface area contributed by atoms with Gasteiger partial charge in [0.2, 0.25) is 0 Å². The van der Waals surface area contributed by atoms with E-state index in [9.17, 15) is 4.79 Å². The van der Waals surface area contributed by atoms with Gasteiger partial charge < -0.3 is 11.3 Å². The van der Waals surface area contributed by atoms with Crippen LogP contribution in [0.5, 0.6) is 0 Å². The molecule has 0 atom stereocenters. The second-order valence-electron chi connectivity index (χ2n) is 0.542. The van der Waals surface area contributed by atoms with Crippen LogP contribution in [0.2, 0.25) is 0 Å². The van der Waals surface area contributed by atoms with Crippen LogP contribution in [0, 0.1) is 7.43 Å². The van der Waals surface area contributed by atoms with Crippen molar-refractivity contribution in [3.63, 3.8) is 0 Å². The Balaban J connectivity index is -0.0000000800. The Bertz CT molecular complexity index is 60.7. The summed E-state index contributed by atoms with van der Waals surface area (Å²) in [6.45, 7) is 2.96. The van der Waals surface area contributed by atoms with Crippen molar-refractivity contribution in [3.8, 4) is 0 Å². The molecule has 0 amide bonds. The first-order chi connectivity index (χ1) is 2.27. The highest BCUT2D eigenvalue weighted by atomic mass is 16.4. The number of hydrogen-bond donors (Lipinski definition) is 2. The van der Waals surface area contributed by atoms with Gasteiger partial charge in [-0.2, -0.15) is 0 Å². The minimum absolute atomic E-state index is 0. The molecule has 0 aromatic carbocycles. The van der Waals surface area contributed by atoms with Crippen LogP contribution in [0.25, 0.3) is 0 Å². The molecule has 0 unspecified atom stereocenters. The first-order valence-electron chi connectivity index (χ1n) is 1.12. The molecule has 0 heterocycles. The molecule has 3 heteroatoms. The molecule has 0 aromatic heterocycles. The van der Waals surface area contributed by atoms with E-state index in [2.05, 4.69) is 6.58 Å². The number of carboxylic acids is 1. The highest BCUT2D eigenvalue weighted by Crippen LogP contribution is 1.54. The van der Waals surface area contributed by atoms with Gasteiger partial charge in [-0.15, -0.1) is 0 Å². The second-order valence-corrected chi connectivity index (χ2v) is 0.542. The Labute approximate surface area is 43.2 Å². The minimum Gasteiger partial charge on any atom is -0.478 e. The lowest BCUT2D eigenvalue weighted by atomic mass is 10.7. The summed E-state index contributed by atoms with van der Waals surface area (Å²) in [4.78, 5) is 9.25. The van der Waals surface area contributed by atoms with E-state index in [1.54, 1.807) is 0 Å². The number of aliphatic carboxylic acids is 1. The molecule has 0 bridgehead atoms. The van der Waals surface area contributed by atoms with Crippen molar-refractivity contribution < 1.29 is 9.90 Å².